The van der Waals surface area contributed by atoms with E-state index >= 15 is 0 Å². The van der Waals surface area contributed by atoms with Crippen LogP contribution in [0.25, 0.3) is 0 Å². The molecule has 1 saturated heterocycles. The number of anilines is 1. The van der Waals surface area contributed by atoms with Gasteiger partial charge in [0.2, 0.25) is 11.8 Å². The first-order valence-corrected chi connectivity index (χ1v) is 11.4. The molecule has 4 rings (SSSR count). The largest absolute Gasteiger partial charge is 0.456 e. The number of nitrogens with zero attached hydrogens (tertiary/aromatic N) is 1. The van der Waals surface area contributed by atoms with E-state index < -0.39 is 18.5 Å². The Morgan fingerprint density at radius 3 is 2.21 bits per heavy atom. The number of likely N-dealkylation sites (tertiary alicyclic amines) is 1. The van der Waals surface area contributed by atoms with Crippen LogP contribution in [0.2, 0.25) is 0 Å². The molecule has 0 aromatic heterocycles. The zero-order chi connectivity index (χ0) is 20.7. The lowest BCUT2D eigenvalue weighted by Gasteiger charge is -2.28. The molecule has 0 spiro atoms. The van der Waals surface area contributed by atoms with E-state index in [2.05, 4.69) is 37.2 Å². The molecule has 3 fully saturated rings. The van der Waals surface area contributed by atoms with Crippen molar-refractivity contribution >= 4 is 61.2 Å². The van der Waals surface area contributed by atoms with E-state index in [1.807, 2.05) is 6.07 Å². The highest BCUT2D eigenvalue weighted by Gasteiger charge is 2.66. The topological polar surface area (TPSA) is 92.8 Å². The van der Waals surface area contributed by atoms with Gasteiger partial charge in [-0.15, -0.1) is 0 Å². The van der Waals surface area contributed by atoms with Crippen molar-refractivity contribution in [1.82, 2.24) is 4.90 Å². The summed E-state index contributed by atoms with van der Waals surface area (Å²) >= 11 is 7.29. The second kappa shape index (κ2) is 8.18. The number of halogens is 2. The lowest BCUT2D eigenvalue weighted by molar-refractivity contribution is -0.149. The SMILES string of the molecule is O=C(COC(=O)CCN1C(=O)[C@@H]2[C@H]3C[C@@H]([C@H](Br)[C@H]3Br)[C@H]2C1=O)Nc1ccccc1. The van der Waals surface area contributed by atoms with Crippen molar-refractivity contribution in [3.05, 3.63) is 30.3 Å². The van der Waals surface area contributed by atoms with E-state index in [-0.39, 0.29) is 58.1 Å². The van der Waals surface area contributed by atoms with Gasteiger partial charge in [0.1, 0.15) is 0 Å². The maximum atomic E-state index is 12.8. The van der Waals surface area contributed by atoms with E-state index in [1.54, 1.807) is 24.3 Å². The number of esters is 1. The molecule has 154 valence electrons. The average molecular weight is 528 g/mol. The molecule has 2 aliphatic carbocycles. The third-order valence-corrected chi connectivity index (χ3v) is 9.25. The number of ether oxygens (including phenoxy) is 1. The summed E-state index contributed by atoms with van der Waals surface area (Å²) in [7, 11) is 0. The van der Waals surface area contributed by atoms with Crippen molar-refractivity contribution in [2.45, 2.75) is 22.5 Å². The highest BCUT2D eigenvalue weighted by molar-refractivity contribution is 9.12. The van der Waals surface area contributed by atoms with Crippen LogP contribution in [0, 0.1) is 23.7 Å². The van der Waals surface area contributed by atoms with Gasteiger partial charge in [-0.2, -0.15) is 0 Å². The molecule has 2 saturated carbocycles. The number of carbonyl (C=O) groups is 4. The maximum Gasteiger partial charge on any atom is 0.308 e. The number of nitrogens with one attached hydrogen (secondary N) is 1. The first-order valence-electron chi connectivity index (χ1n) is 9.52. The second-order valence-electron chi connectivity index (χ2n) is 7.66. The summed E-state index contributed by atoms with van der Waals surface area (Å²) in [4.78, 5) is 50.9. The molecule has 6 atom stereocenters. The summed E-state index contributed by atoms with van der Waals surface area (Å²) in [6, 6.07) is 8.84. The number of para-hydroxylation sites is 1. The highest BCUT2D eigenvalue weighted by atomic mass is 79.9. The van der Waals surface area contributed by atoms with Crippen molar-refractivity contribution in [3.8, 4) is 0 Å². The van der Waals surface area contributed by atoms with Gasteiger partial charge in [-0.1, -0.05) is 50.1 Å². The molecule has 0 unspecified atom stereocenters. The number of fused-ring (bicyclic) bond motifs is 5. The summed E-state index contributed by atoms with van der Waals surface area (Å²) in [5, 5.41) is 2.62. The predicted octanol–water partition coefficient (Wildman–Crippen LogP) is 2.34. The van der Waals surface area contributed by atoms with Gasteiger partial charge in [0.05, 0.1) is 18.3 Å². The highest BCUT2D eigenvalue weighted by Crippen LogP contribution is 2.60. The number of amides is 3. The van der Waals surface area contributed by atoms with Gasteiger partial charge in [-0.25, -0.2) is 0 Å². The Bertz CT molecular complexity index is 817. The molecule has 29 heavy (non-hydrogen) atoms. The van der Waals surface area contributed by atoms with Crippen LogP contribution in [0.15, 0.2) is 30.3 Å². The molecule has 1 aliphatic heterocycles. The van der Waals surface area contributed by atoms with Crippen LogP contribution in [0.3, 0.4) is 0 Å². The molecule has 2 bridgehead atoms. The van der Waals surface area contributed by atoms with Gasteiger partial charge in [0, 0.05) is 21.9 Å². The molecular formula is C20H20Br2N2O5. The summed E-state index contributed by atoms with van der Waals surface area (Å²) in [6.45, 7) is -0.426. The van der Waals surface area contributed by atoms with E-state index in [1.165, 1.54) is 4.90 Å². The van der Waals surface area contributed by atoms with E-state index in [9.17, 15) is 19.2 Å². The predicted molar refractivity (Wildman–Crippen MR) is 111 cm³/mol. The van der Waals surface area contributed by atoms with Gasteiger partial charge < -0.3 is 10.1 Å². The Kier molecular flexibility index (Phi) is 5.79. The molecule has 7 nitrogen and oxygen atoms in total. The Balaban J connectivity index is 1.26. The Morgan fingerprint density at radius 2 is 1.62 bits per heavy atom. The number of imide groups is 1. The van der Waals surface area contributed by atoms with E-state index in [0.717, 1.165) is 6.42 Å². The number of carbonyl (C=O) groups excluding carboxylic acids is 4. The lowest BCUT2D eigenvalue weighted by Crippen LogP contribution is -2.37. The minimum absolute atomic E-state index is 0.0108. The zero-order valence-electron chi connectivity index (χ0n) is 15.4. The van der Waals surface area contributed by atoms with Gasteiger partial charge in [-0.05, 0) is 30.4 Å². The van der Waals surface area contributed by atoms with Crippen LogP contribution in [-0.4, -0.2) is 51.4 Å². The Morgan fingerprint density at radius 1 is 1.03 bits per heavy atom. The summed E-state index contributed by atoms with van der Waals surface area (Å²) in [5.74, 6) is -1.75. The maximum absolute atomic E-state index is 12.8. The fraction of sp³-hybridized carbons (Fsp3) is 0.500. The standard InChI is InChI=1S/C20H20Br2N2O5/c21-17-11-8-12(18(17)22)16-15(11)19(27)24(20(16)28)7-6-14(26)29-9-13(25)23-10-4-2-1-3-5-10/h1-5,11-12,15-18H,6-9H2,(H,23,25)/t11-,12-,15-,16-,17+,18+/m1/s1. The first kappa shape index (κ1) is 20.5. The molecule has 0 radical (unpaired) electrons. The van der Waals surface area contributed by atoms with Crippen LogP contribution in [-0.2, 0) is 23.9 Å². The quantitative estimate of drug-likeness (QED) is 0.348. The third kappa shape index (κ3) is 3.74. The number of hydrogen-bond acceptors (Lipinski definition) is 5. The van der Waals surface area contributed by atoms with Crippen molar-refractivity contribution in [2.75, 3.05) is 18.5 Å². The summed E-state index contributed by atoms with van der Waals surface area (Å²) in [5.41, 5.74) is 0.609. The number of rotatable bonds is 6. The Labute approximate surface area is 184 Å². The number of alkyl halides is 2. The molecular weight excluding hydrogens is 508 g/mol. The van der Waals surface area contributed by atoms with E-state index in [0.29, 0.717) is 5.69 Å². The van der Waals surface area contributed by atoms with Crippen molar-refractivity contribution < 1.29 is 23.9 Å². The summed E-state index contributed by atoms with van der Waals surface area (Å²) < 4.78 is 4.97. The molecule has 1 aromatic rings. The van der Waals surface area contributed by atoms with Gasteiger partial charge in [0.15, 0.2) is 6.61 Å². The first-order chi connectivity index (χ1) is 13.9. The molecule has 3 aliphatic rings. The van der Waals surface area contributed by atoms with Crippen LogP contribution in [0.1, 0.15) is 12.8 Å². The smallest absolute Gasteiger partial charge is 0.308 e. The molecule has 1 N–H and O–H groups in total. The average Bonchev–Trinajstić information content (AvgIpc) is 3.31. The van der Waals surface area contributed by atoms with Gasteiger partial charge in [-0.3, -0.25) is 24.1 Å². The number of hydrogen-bond donors (Lipinski definition) is 1. The Hall–Kier alpha value is -1.74. The minimum atomic E-state index is -0.620. The third-order valence-electron chi connectivity index (χ3n) is 6.04. The molecule has 1 aromatic carbocycles. The fourth-order valence-corrected chi connectivity index (χ4v) is 6.64. The van der Waals surface area contributed by atoms with Crippen LogP contribution >= 0.6 is 31.9 Å². The molecule has 9 heteroatoms. The second-order valence-corrected chi connectivity index (χ2v) is 9.77. The summed E-state index contributed by atoms with van der Waals surface area (Å²) in [6.07, 6.45) is 0.741. The number of benzene rings is 1. The van der Waals surface area contributed by atoms with Gasteiger partial charge >= 0.3 is 5.97 Å². The minimum Gasteiger partial charge on any atom is -0.456 e. The van der Waals surface area contributed by atoms with Crippen molar-refractivity contribution in [1.29, 1.82) is 0 Å². The molecule has 3 amide bonds. The lowest BCUT2D eigenvalue weighted by atomic mass is 9.81. The monoisotopic (exact) mass is 526 g/mol. The van der Waals surface area contributed by atoms with E-state index in [4.69, 9.17) is 4.74 Å². The van der Waals surface area contributed by atoms with Crippen molar-refractivity contribution in [2.24, 2.45) is 23.7 Å². The zero-order valence-corrected chi connectivity index (χ0v) is 18.6. The van der Waals surface area contributed by atoms with Crippen molar-refractivity contribution in [3.63, 3.8) is 0 Å². The normalized spacial score (nSPS) is 32.4. The van der Waals surface area contributed by atoms with Gasteiger partial charge in [0.25, 0.3) is 5.91 Å². The van der Waals surface area contributed by atoms with Crippen LogP contribution < -0.4 is 5.32 Å². The fourth-order valence-electron chi connectivity index (χ4n) is 4.77. The van der Waals surface area contributed by atoms with Crippen LogP contribution in [0.4, 0.5) is 5.69 Å². The molecule has 1 heterocycles. The van der Waals surface area contributed by atoms with Crippen LogP contribution in [0.5, 0.6) is 0 Å².